The molecule has 0 aliphatic carbocycles. The summed E-state index contributed by atoms with van der Waals surface area (Å²) in [5.74, 6) is 1.57. The molecular weight excluding hydrogens is 394 g/mol. The molecule has 2 aliphatic rings. The summed E-state index contributed by atoms with van der Waals surface area (Å²) < 4.78 is 12.0. The molecule has 0 amide bonds. The van der Waals surface area contributed by atoms with Gasteiger partial charge in [0.05, 0.1) is 23.3 Å². The molecule has 0 bridgehead atoms. The fourth-order valence-electron chi connectivity index (χ4n) is 4.11. The Bertz CT molecular complexity index is 1150. The monoisotopic (exact) mass is 415 g/mol. The molecule has 0 N–H and O–H groups in total. The summed E-state index contributed by atoms with van der Waals surface area (Å²) in [6.07, 6.45) is 0.261. The average Bonchev–Trinajstić information content (AvgIpc) is 3.25. The van der Waals surface area contributed by atoms with E-state index in [9.17, 15) is 10.1 Å². The van der Waals surface area contributed by atoms with E-state index in [1.807, 2.05) is 48.3 Å². The maximum Gasteiger partial charge on any atom is 0.269 e. The van der Waals surface area contributed by atoms with Gasteiger partial charge in [0.25, 0.3) is 5.69 Å². The van der Waals surface area contributed by atoms with Gasteiger partial charge < -0.3 is 9.47 Å². The normalized spacial score (nSPS) is 19.1. The van der Waals surface area contributed by atoms with Crippen LogP contribution in [-0.2, 0) is 0 Å². The summed E-state index contributed by atoms with van der Waals surface area (Å²) in [7, 11) is 0. The van der Waals surface area contributed by atoms with Gasteiger partial charge in [0.15, 0.2) is 0 Å². The summed E-state index contributed by atoms with van der Waals surface area (Å²) in [6.45, 7) is 2.55. The Labute approximate surface area is 179 Å². The minimum Gasteiger partial charge on any atom is -0.494 e. The van der Waals surface area contributed by atoms with E-state index in [0.717, 1.165) is 40.3 Å². The van der Waals surface area contributed by atoms with Crippen molar-refractivity contribution in [1.82, 2.24) is 5.01 Å². The molecule has 7 nitrogen and oxygen atoms in total. The van der Waals surface area contributed by atoms with Crippen molar-refractivity contribution >= 4 is 11.4 Å². The van der Waals surface area contributed by atoms with E-state index in [4.69, 9.17) is 14.6 Å². The third-order valence-electron chi connectivity index (χ3n) is 5.57. The van der Waals surface area contributed by atoms with E-state index < -0.39 is 11.2 Å². The van der Waals surface area contributed by atoms with Crippen LogP contribution in [0.1, 0.15) is 42.3 Å². The molecule has 3 aromatic rings. The van der Waals surface area contributed by atoms with E-state index in [1.54, 1.807) is 12.1 Å². The molecule has 5 rings (SSSR count). The molecule has 0 radical (unpaired) electrons. The first-order chi connectivity index (χ1) is 15.1. The molecule has 0 spiro atoms. The first kappa shape index (κ1) is 19.1. The third kappa shape index (κ3) is 3.48. The summed E-state index contributed by atoms with van der Waals surface area (Å²) in [5, 5.41) is 17.9. The van der Waals surface area contributed by atoms with Crippen LogP contribution in [0.15, 0.2) is 77.9 Å². The Morgan fingerprint density at radius 3 is 2.61 bits per heavy atom. The van der Waals surface area contributed by atoms with Crippen LogP contribution in [0.3, 0.4) is 0 Å². The van der Waals surface area contributed by atoms with Crippen LogP contribution in [0.5, 0.6) is 11.5 Å². The Balaban J connectivity index is 1.57. The van der Waals surface area contributed by atoms with Crippen molar-refractivity contribution in [2.75, 3.05) is 6.61 Å². The molecule has 0 saturated heterocycles. The van der Waals surface area contributed by atoms with Crippen molar-refractivity contribution in [3.8, 4) is 11.5 Å². The Morgan fingerprint density at radius 1 is 1.13 bits per heavy atom. The molecule has 3 aromatic carbocycles. The second-order valence-corrected chi connectivity index (χ2v) is 7.46. The average molecular weight is 415 g/mol. The number of fused-ring (bicyclic) bond motifs is 3. The lowest BCUT2D eigenvalue weighted by atomic mass is 9.95. The van der Waals surface area contributed by atoms with Gasteiger partial charge in [-0.05, 0) is 42.8 Å². The van der Waals surface area contributed by atoms with Gasteiger partial charge in [-0.1, -0.05) is 30.3 Å². The highest BCUT2D eigenvalue weighted by atomic mass is 16.6. The third-order valence-corrected chi connectivity index (χ3v) is 5.57. The predicted octanol–water partition coefficient (Wildman–Crippen LogP) is 5.24. The highest BCUT2D eigenvalue weighted by Gasteiger charge is 2.41. The van der Waals surface area contributed by atoms with Crippen LogP contribution in [0.25, 0.3) is 0 Å². The quantitative estimate of drug-likeness (QED) is 0.421. The number of hydrogen-bond donors (Lipinski definition) is 0. The first-order valence-corrected chi connectivity index (χ1v) is 10.2. The van der Waals surface area contributed by atoms with Gasteiger partial charge in [0.1, 0.15) is 11.5 Å². The van der Waals surface area contributed by atoms with E-state index in [0.29, 0.717) is 6.61 Å². The lowest BCUT2D eigenvalue weighted by molar-refractivity contribution is -0.384. The minimum atomic E-state index is -0.475. The second-order valence-electron chi connectivity index (χ2n) is 7.46. The number of rotatable bonds is 5. The van der Waals surface area contributed by atoms with Crippen molar-refractivity contribution in [1.29, 1.82) is 0 Å². The van der Waals surface area contributed by atoms with Gasteiger partial charge in [-0.15, -0.1) is 0 Å². The summed E-state index contributed by atoms with van der Waals surface area (Å²) >= 11 is 0. The number of ether oxygens (including phenoxy) is 2. The zero-order chi connectivity index (χ0) is 21.4. The van der Waals surface area contributed by atoms with Crippen molar-refractivity contribution < 1.29 is 14.4 Å². The number of nitro benzene ring substituents is 1. The standard InChI is InChI=1S/C24H21N3O4/c1-2-30-19-12-13-23-20(14-19)22-15-21(16-6-4-3-5-7-16)25-26(22)24(31-23)17-8-10-18(11-9-17)27(28)29/h3-14,22,24H,2,15H2,1H3/t22-,24-/m1/s1. The van der Waals surface area contributed by atoms with E-state index >= 15 is 0 Å². The number of hydrazone groups is 1. The fraction of sp³-hybridized carbons (Fsp3) is 0.208. The Hall–Kier alpha value is -3.87. The van der Waals surface area contributed by atoms with Gasteiger partial charge >= 0.3 is 0 Å². The van der Waals surface area contributed by atoms with Crippen LogP contribution >= 0.6 is 0 Å². The fourth-order valence-corrected chi connectivity index (χ4v) is 4.11. The van der Waals surface area contributed by atoms with E-state index in [-0.39, 0.29) is 11.7 Å². The van der Waals surface area contributed by atoms with Gasteiger partial charge in [-0.2, -0.15) is 5.10 Å². The zero-order valence-corrected chi connectivity index (χ0v) is 17.0. The predicted molar refractivity (Wildman–Crippen MR) is 116 cm³/mol. The molecule has 2 aliphatic heterocycles. The van der Waals surface area contributed by atoms with Gasteiger partial charge in [0.2, 0.25) is 6.23 Å². The topological polar surface area (TPSA) is 77.2 Å². The smallest absolute Gasteiger partial charge is 0.269 e. The van der Waals surface area contributed by atoms with Gasteiger partial charge in [0, 0.05) is 29.7 Å². The van der Waals surface area contributed by atoms with E-state index in [2.05, 4.69) is 12.1 Å². The van der Waals surface area contributed by atoms with Crippen LogP contribution in [0.2, 0.25) is 0 Å². The molecule has 0 unspecified atom stereocenters. The molecular formula is C24H21N3O4. The lowest BCUT2D eigenvalue weighted by Gasteiger charge is -2.38. The van der Waals surface area contributed by atoms with Crippen molar-refractivity contribution in [2.24, 2.45) is 5.10 Å². The van der Waals surface area contributed by atoms with Crippen molar-refractivity contribution in [3.05, 3.63) is 99.6 Å². The maximum absolute atomic E-state index is 11.0. The van der Waals surface area contributed by atoms with Crippen molar-refractivity contribution in [3.63, 3.8) is 0 Å². The minimum absolute atomic E-state index is 0.0143. The molecule has 0 aromatic heterocycles. The Kier molecular flexibility index (Phi) is 4.78. The number of nitro groups is 1. The van der Waals surface area contributed by atoms with Crippen LogP contribution in [0.4, 0.5) is 5.69 Å². The Morgan fingerprint density at radius 2 is 1.90 bits per heavy atom. The van der Waals surface area contributed by atoms with Crippen molar-refractivity contribution in [2.45, 2.75) is 25.6 Å². The zero-order valence-electron chi connectivity index (χ0n) is 17.0. The highest BCUT2D eigenvalue weighted by molar-refractivity contribution is 6.01. The molecule has 2 atom stereocenters. The molecule has 31 heavy (non-hydrogen) atoms. The van der Waals surface area contributed by atoms with Gasteiger partial charge in [-0.3, -0.25) is 10.1 Å². The summed E-state index contributed by atoms with van der Waals surface area (Å²) in [6, 6.07) is 22.4. The van der Waals surface area contributed by atoms with Crippen LogP contribution in [-0.4, -0.2) is 22.3 Å². The second kappa shape index (κ2) is 7.75. The molecule has 156 valence electrons. The maximum atomic E-state index is 11.0. The molecule has 0 saturated carbocycles. The first-order valence-electron chi connectivity index (χ1n) is 10.2. The van der Waals surface area contributed by atoms with Gasteiger partial charge in [-0.25, -0.2) is 5.01 Å². The number of hydrogen-bond acceptors (Lipinski definition) is 6. The number of non-ortho nitro benzene ring substituents is 1. The summed E-state index contributed by atoms with van der Waals surface area (Å²) in [5.41, 5.74) is 3.94. The summed E-state index contributed by atoms with van der Waals surface area (Å²) in [4.78, 5) is 10.6. The SMILES string of the molecule is CCOc1ccc2c(c1)[C@H]1CC(c3ccccc3)=NN1[C@@H](c1ccc([N+](=O)[O-])cc1)O2. The molecule has 2 heterocycles. The van der Waals surface area contributed by atoms with E-state index in [1.165, 1.54) is 12.1 Å². The highest BCUT2D eigenvalue weighted by Crippen LogP contribution is 2.48. The largest absolute Gasteiger partial charge is 0.494 e. The lowest BCUT2D eigenvalue weighted by Crippen LogP contribution is -2.33. The van der Waals surface area contributed by atoms with Crippen LogP contribution in [0, 0.1) is 10.1 Å². The molecule has 7 heteroatoms. The molecule has 0 fully saturated rings. The number of nitrogens with zero attached hydrogens (tertiary/aromatic N) is 3. The number of benzene rings is 3. The van der Waals surface area contributed by atoms with Crippen LogP contribution < -0.4 is 9.47 Å².